The number of amides is 1. The Labute approximate surface area is 77.8 Å². The van der Waals surface area contributed by atoms with Gasteiger partial charge < -0.3 is 5.73 Å². The molecule has 0 saturated heterocycles. The normalized spacial score (nSPS) is 15.6. The van der Waals surface area contributed by atoms with Gasteiger partial charge in [-0.15, -0.1) is 0 Å². The van der Waals surface area contributed by atoms with Crippen LogP contribution in [0.1, 0.15) is 21.4 Å². The van der Waals surface area contributed by atoms with Gasteiger partial charge >= 0.3 is 6.18 Å². The van der Waals surface area contributed by atoms with Crippen molar-refractivity contribution in [1.82, 2.24) is 0 Å². The lowest BCUT2D eigenvalue weighted by Gasteiger charge is -2.05. The predicted octanol–water partition coefficient (Wildman–Crippen LogP) is 1.80. The van der Waals surface area contributed by atoms with E-state index in [1.54, 1.807) is 0 Å². The fraction of sp³-hybridized carbons (Fsp3) is 0.125. The minimum Gasteiger partial charge on any atom is -0.366 e. The van der Waals surface area contributed by atoms with E-state index >= 15 is 0 Å². The highest BCUT2D eigenvalue weighted by Gasteiger charge is 2.30. The van der Waals surface area contributed by atoms with E-state index < -0.39 is 47.4 Å². The number of rotatable bonds is 1. The minimum atomic E-state index is -5.03. The third-order valence-corrected chi connectivity index (χ3v) is 1.15. The summed E-state index contributed by atoms with van der Waals surface area (Å²) in [5.74, 6) is -1.31. The molecular formula is C8H6F3NO. The number of halogens is 3. The maximum atomic E-state index is 12.5. The van der Waals surface area contributed by atoms with Gasteiger partial charge in [0.05, 0.1) is 11.0 Å². The second kappa shape index (κ2) is 3.08. The molecule has 13 heavy (non-hydrogen) atoms. The zero-order chi connectivity index (χ0) is 13.5. The summed E-state index contributed by atoms with van der Waals surface area (Å²) in [4.78, 5) is 10.8. The fourth-order valence-electron chi connectivity index (χ4n) is 0.577. The van der Waals surface area contributed by atoms with Crippen LogP contribution in [0.15, 0.2) is 24.2 Å². The van der Waals surface area contributed by atoms with Crippen LogP contribution >= 0.6 is 0 Å². The number of benzene rings is 1. The largest absolute Gasteiger partial charge is 0.416 e. The van der Waals surface area contributed by atoms with Gasteiger partial charge in [0.15, 0.2) is 0 Å². The Kier molecular flexibility index (Phi) is 1.25. The van der Waals surface area contributed by atoms with Crippen molar-refractivity contribution in [3.63, 3.8) is 0 Å². The molecule has 1 rings (SSSR count). The highest BCUT2D eigenvalue weighted by atomic mass is 19.4. The second-order valence-electron chi connectivity index (χ2n) is 2.11. The third kappa shape index (κ3) is 2.21. The predicted molar refractivity (Wildman–Crippen MR) is 40.0 cm³/mol. The number of hydrogen-bond donors (Lipinski definition) is 1. The topological polar surface area (TPSA) is 43.1 Å². The molecule has 1 aromatic carbocycles. The van der Waals surface area contributed by atoms with Gasteiger partial charge in [0.2, 0.25) is 5.91 Å². The zero-order valence-electron chi connectivity index (χ0n) is 10.1. The summed E-state index contributed by atoms with van der Waals surface area (Å²) in [7, 11) is 0. The summed E-state index contributed by atoms with van der Waals surface area (Å²) in [5, 5.41) is 0. The van der Waals surface area contributed by atoms with Crippen LogP contribution in [0.3, 0.4) is 0 Å². The summed E-state index contributed by atoms with van der Waals surface area (Å²) in [5.41, 5.74) is 2.22. The van der Waals surface area contributed by atoms with Crippen LogP contribution in [0.5, 0.6) is 0 Å². The fourth-order valence-corrected chi connectivity index (χ4v) is 0.577. The van der Waals surface area contributed by atoms with Gasteiger partial charge in [-0.25, -0.2) is 0 Å². The third-order valence-electron chi connectivity index (χ3n) is 1.15. The Balaban J connectivity index is 3.77. The first-order valence-electron chi connectivity index (χ1n) is 5.06. The van der Waals surface area contributed by atoms with Crippen molar-refractivity contribution in [2.45, 2.75) is 6.18 Å². The van der Waals surface area contributed by atoms with Crippen molar-refractivity contribution in [3.8, 4) is 0 Å². The molecule has 1 aromatic rings. The lowest BCUT2D eigenvalue weighted by molar-refractivity contribution is -0.137. The Morgan fingerprint density at radius 2 is 1.77 bits per heavy atom. The molecule has 2 N–H and O–H groups in total. The lowest BCUT2D eigenvalue weighted by atomic mass is 10.1. The Morgan fingerprint density at radius 3 is 2.08 bits per heavy atom. The van der Waals surface area contributed by atoms with E-state index in [1.807, 2.05) is 0 Å². The molecule has 0 aliphatic carbocycles. The molecule has 0 saturated carbocycles. The van der Waals surface area contributed by atoms with Crippen molar-refractivity contribution in [3.05, 3.63) is 35.3 Å². The average molecular weight is 193 g/mol. The molecular weight excluding hydrogens is 183 g/mol. The average Bonchev–Trinajstić information content (AvgIpc) is 2.12. The van der Waals surface area contributed by atoms with E-state index in [2.05, 4.69) is 0 Å². The second-order valence-corrected chi connectivity index (χ2v) is 2.11. The lowest BCUT2D eigenvalue weighted by Crippen LogP contribution is -2.11. The van der Waals surface area contributed by atoms with Crippen molar-refractivity contribution in [2.24, 2.45) is 5.73 Å². The molecule has 1 amide bonds. The Bertz CT molecular complexity index is 472. The van der Waals surface area contributed by atoms with Gasteiger partial charge in [-0.2, -0.15) is 13.2 Å². The van der Waals surface area contributed by atoms with Crippen LogP contribution in [0.2, 0.25) is 0 Å². The maximum absolute atomic E-state index is 12.5. The van der Waals surface area contributed by atoms with E-state index in [0.29, 0.717) is 0 Å². The first-order chi connectivity index (χ1) is 7.59. The molecule has 2 nitrogen and oxygen atoms in total. The van der Waals surface area contributed by atoms with Crippen LogP contribution in [0.4, 0.5) is 13.2 Å². The molecule has 0 aromatic heterocycles. The van der Waals surface area contributed by atoms with Crippen molar-refractivity contribution >= 4 is 5.91 Å². The van der Waals surface area contributed by atoms with Crippen LogP contribution in [0.25, 0.3) is 0 Å². The molecule has 0 aliphatic rings. The molecule has 0 atom stereocenters. The number of primary amides is 1. The first kappa shape index (κ1) is 5.26. The summed E-state index contributed by atoms with van der Waals surface area (Å²) < 4.78 is 66.0. The molecule has 0 aliphatic heterocycles. The van der Waals surface area contributed by atoms with E-state index in [9.17, 15) is 18.0 Å². The quantitative estimate of drug-likeness (QED) is 0.726. The molecule has 0 spiro atoms. The van der Waals surface area contributed by atoms with E-state index in [0.717, 1.165) is 0 Å². The number of nitrogens with two attached hydrogens (primary N) is 1. The molecule has 0 unspecified atom stereocenters. The zero-order valence-corrected chi connectivity index (χ0v) is 6.12. The van der Waals surface area contributed by atoms with Gasteiger partial charge in [-0.05, 0) is 24.2 Å². The van der Waals surface area contributed by atoms with Gasteiger partial charge in [0.1, 0.15) is 0 Å². The smallest absolute Gasteiger partial charge is 0.366 e. The number of carbonyl (C=O) groups is 1. The molecule has 0 bridgehead atoms. The summed E-state index contributed by atoms with van der Waals surface area (Å²) in [6.07, 6.45) is -5.03. The van der Waals surface area contributed by atoms with E-state index in [4.69, 9.17) is 11.2 Å². The highest BCUT2D eigenvalue weighted by Crippen LogP contribution is 2.28. The maximum Gasteiger partial charge on any atom is 0.416 e. The molecule has 0 heterocycles. The van der Waals surface area contributed by atoms with Crippen molar-refractivity contribution in [1.29, 1.82) is 0 Å². The molecule has 70 valence electrons. The van der Waals surface area contributed by atoms with Gasteiger partial charge in [0, 0.05) is 5.56 Å². The van der Waals surface area contributed by atoms with Crippen molar-refractivity contribution < 1.29 is 23.4 Å². The SMILES string of the molecule is [2H]c1c([2H])c(C(F)(F)F)c([2H])c([2H])c1C(N)=O. The van der Waals surface area contributed by atoms with Gasteiger partial charge in [0.25, 0.3) is 0 Å². The van der Waals surface area contributed by atoms with Crippen LogP contribution in [-0.2, 0) is 6.18 Å². The van der Waals surface area contributed by atoms with Crippen LogP contribution < -0.4 is 5.73 Å². The monoisotopic (exact) mass is 193 g/mol. The number of carbonyl (C=O) groups excluding carboxylic acids is 1. The minimum absolute atomic E-state index is 0.854. The van der Waals surface area contributed by atoms with E-state index in [-0.39, 0.29) is 0 Å². The van der Waals surface area contributed by atoms with Gasteiger partial charge in [-0.1, -0.05) is 0 Å². The summed E-state index contributed by atoms with van der Waals surface area (Å²) in [6, 6.07) is -4.84. The van der Waals surface area contributed by atoms with Gasteiger partial charge in [-0.3, -0.25) is 4.79 Å². The molecule has 0 radical (unpaired) electrons. The molecule has 5 heteroatoms. The first-order valence-corrected chi connectivity index (χ1v) is 3.06. The highest BCUT2D eigenvalue weighted by molar-refractivity contribution is 5.92. The Hall–Kier alpha value is -1.52. The number of alkyl halides is 3. The van der Waals surface area contributed by atoms with Crippen LogP contribution in [-0.4, -0.2) is 5.91 Å². The summed E-state index contributed by atoms with van der Waals surface area (Å²) >= 11 is 0. The summed E-state index contributed by atoms with van der Waals surface area (Å²) in [6.45, 7) is 0. The van der Waals surface area contributed by atoms with Crippen molar-refractivity contribution in [2.75, 3.05) is 0 Å². The standard InChI is InChI=1S/C8H6F3NO/c9-8(10,11)6-3-1-5(2-4-6)7(12)13/h1-4H,(H2,12,13)/i1D,2D,3D,4D. The number of hydrogen-bond acceptors (Lipinski definition) is 1. The van der Waals surface area contributed by atoms with E-state index in [1.165, 1.54) is 0 Å². The Morgan fingerprint density at radius 1 is 1.31 bits per heavy atom. The van der Waals surface area contributed by atoms with Crippen LogP contribution in [0, 0.1) is 0 Å². The molecule has 0 fully saturated rings.